The second-order valence-electron chi connectivity index (χ2n) is 3.83. The standard InChI is InChI=1S/C12H18N2O3/c1-9(2)13-6-7-17-11-8-10(4-5-14-11)12(15)16-3/h4-5,8-9,13H,6-7H2,1-3H3. The first kappa shape index (κ1) is 13.4. The number of aromatic nitrogens is 1. The molecule has 1 aromatic heterocycles. The number of carbonyl (C=O) groups excluding carboxylic acids is 1. The Morgan fingerprint density at radius 1 is 1.53 bits per heavy atom. The summed E-state index contributed by atoms with van der Waals surface area (Å²) < 4.78 is 10.0. The minimum absolute atomic E-state index is 0.391. The van der Waals surface area contributed by atoms with E-state index in [-0.39, 0.29) is 0 Å². The second kappa shape index (κ2) is 6.85. The number of esters is 1. The Morgan fingerprint density at radius 2 is 2.29 bits per heavy atom. The van der Waals surface area contributed by atoms with E-state index < -0.39 is 5.97 Å². The van der Waals surface area contributed by atoms with Gasteiger partial charge < -0.3 is 14.8 Å². The van der Waals surface area contributed by atoms with Crippen molar-refractivity contribution in [2.75, 3.05) is 20.3 Å². The second-order valence-corrected chi connectivity index (χ2v) is 3.83. The molecule has 0 aromatic carbocycles. The molecule has 0 aliphatic rings. The predicted molar refractivity (Wildman–Crippen MR) is 64.2 cm³/mol. The van der Waals surface area contributed by atoms with Gasteiger partial charge in [0.1, 0.15) is 6.61 Å². The first-order valence-corrected chi connectivity index (χ1v) is 5.54. The third-order valence-electron chi connectivity index (χ3n) is 2.06. The quantitative estimate of drug-likeness (QED) is 0.597. The number of rotatable bonds is 6. The Kier molecular flexibility index (Phi) is 5.42. The van der Waals surface area contributed by atoms with Gasteiger partial charge in [-0.25, -0.2) is 9.78 Å². The lowest BCUT2D eigenvalue weighted by molar-refractivity contribution is 0.0600. The molecule has 0 spiro atoms. The van der Waals surface area contributed by atoms with Crippen molar-refractivity contribution in [2.24, 2.45) is 0 Å². The van der Waals surface area contributed by atoms with Crippen LogP contribution in [0, 0.1) is 0 Å². The highest BCUT2D eigenvalue weighted by atomic mass is 16.5. The van der Waals surface area contributed by atoms with Crippen LogP contribution in [0.3, 0.4) is 0 Å². The zero-order chi connectivity index (χ0) is 12.7. The number of pyridine rings is 1. The maximum atomic E-state index is 11.3. The van der Waals surface area contributed by atoms with E-state index in [1.807, 2.05) is 0 Å². The van der Waals surface area contributed by atoms with Crippen LogP contribution in [0.4, 0.5) is 0 Å². The van der Waals surface area contributed by atoms with Gasteiger partial charge in [0.15, 0.2) is 0 Å². The van der Waals surface area contributed by atoms with E-state index >= 15 is 0 Å². The number of methoxy groups -OCH3 is 1. The molecular weight excluding hydrogens is 220 g/mol. The topological polar surface area (TPSA) is 60.5 Å². The number of nitrogens with one attached hydrogen (secondary N) is 1. The van der Waals surface area contributed by atoms with Crippen molar-refractivity contribution < 1.29 is 14.3 Å². The van der Waals surface area contributed by atoms with Crippen molar-refractivity contribution in [3.63, 3.8) is 0 Å². The molecule has 17 heavy (non-hydrogen) atoms. The summed E-state index contributed by atoms with van der Waals surface area (Å²) in [5.74, 6) is 0.0380. The molecule has 94 valence electrons. The Bertz CT molecular complexity index is 367. The summed E-state index contributed by atoms with van der Waals surface area (Å²) in [6, 6.07) is 3.58. The van der Waals surface area contributed by atoms with Crippen LogP contribution in [0.5, 0.6) is 5.88 Å². The van der Waals surface area contributed by atoms with Crippen molar-refractivity contribution in [1.82, 2.24) is 10.3 Å². The first-order valence-electron chi connectivity index (χ1n) is 5.54. The predicted octanol–water partition coefficient (Wildman–Crippen LogP) is 1.24. The highest BCUT2D eigenvalue weighted by Gasteiger charge is 2.06. The van der Waals surface area contributed by atoms with Crippen LogP contribution in [0.1, 0.15) is 24.2 Å². The van der Waals surface area contributed by atoms with Crippen molar-refractivity contribution in [1.29, 1.82) is 0 Å². The molecule has 0 bridgehead atoms. The average Bonchev–Trinajstić information content (AvgIpc) is 2.34. The number of hydrogen-bond acceptors (Lipinski definition) is 5. The molecule has 1 aromatic rings. The Balaban J connectivity index is 2.46. The molecule has 5 nitrogen and oxygen atoms in total. The third kappa shape index (κ3) is 4.82. The smallest absolute Gasteiger partial charge is 0.338 e. The van der Waals surface area contributed by atoms with Gasteiger partial charge in [0.2, 0.25) is 5.88 Å². The van der Waals surface area contributed by atoms with Gasteiger partial charge in [-0.15, -0.1) is 0 Å². The lowest BCUT2D eigenvalue weighted by atomic mass is 10.3. The lowest BCUT2D eigenvalue weighted by Crippen LogP contribution is -2.27. The van der Waals surface area contributed by atoms with E-state index in [9.17, 15) is 4.79 Å². The zero-order valence-electron chi connectivity index (χ0n) is 10.4. The summed E-state index contributed by atoms with van der Waals surface area (Å²) in [6.45, 7) is 5.38. The Labute approximate surface area is 101 Å². The van der Waals surface area contributed by atoms with Crippen molar-refractivity contribution in [3.8, 4) is 5.88 Å². The molecule has 0 fully saturated rings. The molecule has 0 aliphatic heterocycles. The van der Waals surface area contributed by atoms with Gasteiger partial charge in [0.25, 0.3) is 0 Å². The zero-order valence-corrected chi connectivity index (χ0v) is 10.4. The molecule has 0 saturated carbocycles. The number of ether oxygens (including phenoxy) is 2. The van der Waals surface area contributed by atoms with Gasteiger partial charge in [-0.1, -0.05) is 13.8 Å². The van der Waals surface area contributed by atoms with Crippen LogP contribution < -0.4 is 10.1 Å². The summed E-state index contributed by atoms with van der Waals surface area (Å²) in [5, 5.41) is 3.22. The molecule has 0 atom stereocenters. The van der Waals surface area contributed by atoms with Gasteiger partial charge in [-0.2, -0.15) is 0 Å². The Morgan fingerprint density at radius 3 is 2.94 bits per heavy atom. The van der Waals surface area contributed by atoms with Gasteiger partial charge in [0, 0.05) is 24.8 Å². The van der Waals surface area contributed by atoms with Crippen molar-refractivity contribution >= 4 is 5.97 Å². The highest BCUT2D eigenvalue weighted by Crippen LogP contribution is 2.09. The Hall–Kier alpha value is -1.62. The number of nitrogens with zero attached hydrogens (tertiary/aromatic N) is 1. The third-order valence-corrected chi connectivity index (χ3v) is 2.06. The van der Waals surface area contributed by atoms with Crippen LogP contribution in [0.25, 0.3) is 0 Å². The van der Waals surface area contributed by atoms with E-state index in [1.54, 1.807) is 12.1 Å². The van der Waals surface area contributed by atoms with Crippen LogP contribution >= 0.6 is 0 Å². The summed E-state index contributed by atoms with van der Waals surface area (Å²) in [6.07, 6.45) is 1.53. The minimum atomic E-state index is -0.391. The van der Waals surface area contributed by atoms with E-state index in [0.717, 1.165) is 6.54 Å². The van der Waals surface area contributed by atoms with Crippen molar-refractivity contribution in [2.45, 2.75) is 19.9 Å². The minimum Gasteiger partial charge on any atom is -0.476 e. The summed E-state index contributed by atoms with van der Waals surface area (Å²) in [7, 11) is 1.34. The molecule has 1 rings (SSSR count). The molecule has 0 unspecified atom stereocenters. The van der Waals surface area contributed by atoms with Gasteiger partial charge in [-0.05, 0) is 6.07 Å². The normalized spacial score (nSPS) is 10.4. The van der Waals surface area contributed by atoms with E-state index in [1.165, 1.54) is 13.3 Å². The van der Waals surface area contributed by atoms with E-state index in [4.69, 9.17) is 4.74 Å². The SMILES string of the molecule is COC(=O)c1ccnc(OCCNC(C)C)c1. The van der Waals surface area contributed by atoms with Crippen LogP contribution in [0.2, 0.25) is 0 Å². The van der Waals surface area contributed by atoms with Crippen molar-refractivity contribution in [3.05, 3.63) is 23.9 Å². The molecule has 1 heterocycles. The summed E-state index contributed by atoms with van der Waals surface area (Å²) in [5.41, 5.74) is 0.439. The maximum Gasteiger partial charge on any atom is 0.338 e. The summed E-state index contributed by atoms with van der Waals surface area (Å²) in [4.78, 5) is 15.3. The molecule has 5 heteroatoms. The van der Waals surface area contributed by atoms with Gasteiger partial charge in [0.05, 0.1) is 12.7 Å². The molecule has 1 N–H and O–H groups in total. The molecule has 0 amide bonds. The van der Waals surface area contributed by atoms with E-state index in [0.29, 0.717) is 24.1 Å². The van der Waals surface area contributed by atoms with Crippen LogP contribution in [0.15, 0.2) is 18.3 Å². The van der Waals surface area contributed by atoms with Gasteiger partial charge in [-0.3, -0.25) is 0 Å². The highest BCUT2D eigenvalue weighted by molar-refractivity contribution is 5.89. The van der Waals surface area contributed by atoms with Crippen LogP contribution in [-0.2, 0) is 4.74 Å². The monoisotopic (exact) mass is 238 g/mol. The fourth-order valence-electron chi connectivity index (χ4n) is 1.24. The van der Waals surface area contributed by atoms with E-state index in [2.05, 4.69) is 28.9 Å². The molecule has 0 aliphatic carbocycles. The molecular formula is C12H18N2O3. The van der Waals surface area contributed by atoms with Crippen LogP contribution in [-0.4, -0.2) is 37.3 Å². The summed E-state index contributed by atoms with van der Waals surface area (Å²) >= 11 is 0. The lowest BCUT2D eigenvalue weighted by Gasteiger charge is -2.09. The average molecular weight is 238 g/mol. The molecule has 0 saturated heterocycles. The maximum absolute atomic E-state index is 11.3. The number of hydrogen-bond donors (Lipinski definition) is 1. The number of carbonyl (C=O) groups is 1. The molecule has 0 radical (unpaired) electrons. The fraction of sp³-hybridized carbons (Fsp3) is 0.500. The largest absolute Gasteiger partial charge is 0.476 e. The fourth-order valence-corrected chi connectivity index (χ4v) is 1.24. The van der Waals surface area contributed by atoms with Gasteiger partial charge >= 0.3 is 5.97 Å². The first-order chi connectivity index (χ1) is 8.13.